The molecule has 2 aromatic heterocycles. The number of aromatic nitrogens is 5. The first-order valence-electron chi connectivity index (χ1n) is 8.40. The van der Waals surface area contributed by atoms with Gasteiger partial charge in [0.1, 0.15) is 5.82 Å². The fourth-order valence-corrected chi connectivity index (χ4v) is 3.65. The number of anilines is 1. The molecule has 2 aliphatic rings. The van der Waals surface area contributed by atoms with Gasteiger partial charge in [0.25, 0.3) is 0 Å². The van der Waals surface area contributed by atoms with Gasteiger partial charge in [-0.05, 0) is 61.1 Å². The predicted molar refractivity (Wildman–Crippen MR) is 83.8 cm³/mol. The fourth-order valence-electron chi connectivity index (χ4n) is 3.65. The molecule has 1 aliphatic heterocycles. The molecular weight excluding hydrogens is 294 g/mol. The van der Waals surface area contributed by atoms with Gasteiger partial charge in [-0.25, -0.2) is 0 Å². The highest BCUT2D eigenvalue weighted by atomic mass is 16.2. The van der Waals surface area contributed by atoms with E-state index in [9.17, 15) is 4.79 Å². The summed E-state index contributed by atoms with van der Waals surface area (Å²) < 4.78 is 1.41. The molecule has 2 atom stereocenters. The predicted octanol–water partition coefficient (Wildman–Crippen LogP) is 1.11. The van der Waals surface area contributed by atoms with Crippen LogP contribution in [0.2, 0.25) is 0 Å². The fraction of sp³-hybridized carbons (Fsp3) is 0.667. The topological polar surface area (TPSA) is 88.3 Å². The van der Waals surface area contributed by atoms with E-state index in [1.807, 2.05) is 12.1 Å². The average Bonchev–Trinajstić information content (AvgIpc) is 3.24. The van der Waals surface area contributed by atoms with Crippen molar-refractivity contribution < 1.29 is 4.79 Å². The Balaban J connectivity index is 1.37. The normalized spacial score (nSPS) is 25.0. The third-order valence-electron chi connectivity index (χ3n) is 4.87. The molecule has 23 heavy (non-hydrogen) atoms. The van der Waals surface area contributed by atoms with Crippen LogP contribution in [0.25, 0.3) is 5.65 Å². The van der Waals surface area contributed by atoms with Crippen LogP contribution in [0.3, 0.4) is 0 Å². The molecule has 122 valence electrons. The molecule has 2 fully saturated rings. The molecule has 1 amide bonds. The van der Waals surface area contributed by atoms with Crippen molar-refractivity contribution in [2.75, 3.05) is 18.4 Å². The minimum atomic E-state index is 0.155. The number of hydrogen-bond acceptors (Lipinski definition) is 6. The van der Waals surface area contributed by atoms with Crippen LogP contribution >= 0.6 is 0 Å². The molecule has 8 nitrogen and oxygen atoms in total. The molecule has 1 aliphatic carbocycles. The zero-order valence-corrected chi connectivity index (χ0v) is 13.1. The Morgan fingerprint density at radius 2 is 2.04 bits per heavy atom. The molecule has 8 heteroatoms. The molecule has 0 aromatic carbocycles. The van der Waals surface area contributed by atoms with Crippen LogP contribution in [-0.2, 0) is 4.79 Å². The van der Waals surface area contributed by atoms with Crippen molar-refractivity contribution in [2.45, 2.75) is 44.6 Å². The number of hydrogen-bond donors (Lipinski definition) is 1. The Morgan fingerprint density at radius 1 is 1.17 bits per heavy atom. The zero-order valence-electron chi connectivity index (χ0n) is 13.1. The van der Waals surface area contributed by atoms with Crippen LogP contribution in [0.1, 0.15) is 38.5 Å². The third-order valence-corrected chi connectivity index (χ3v) is 4.87. The van der Waals surface area contributed by atoms with Crippen LogP contribution in [-0.4, -0.2) is 55.2 Å². The number of tetrazole rings is 1. The minimum Gasteiger partial charge on any atom is -0.366 e. The SMILES string of the molecule is O=C([C@@H]1CC[C@H](Nc2ccc3nnnn3n2)C1)N1CCCCC1. The van der Waals surface area contributed by atoms with Gasteiger partial charge < -0.3 is 10.2 Å². The lowest BCUT2D eigenvalue weighted by Crippen LogP contribution is -2.39. The Hall–Kier alpha value is -2.25. The maximum atomic E-state index is 12.6. The minimum absolute atomic E-state index is 0.155. The molecule has 1 saturated carbocycles. The van der Waals surface area contributed by atoms with E-state index >= 15 is 0 Å². The lowest BCUT2D eigenvalue weighted by Gasteiger charge is -2.29. The van der Waals surface area contributed by atoms with Gasteiger partial charge in [0, 0.05) is 25.0 Å². The number of likely N-dealkylation sites (tertiary alicyclic amines) is 1. The summed E-state index contributed by atoms with van der Waals surface area (Å²) in [6.45, 7) is 1.87. The van der Waals surface area contributed by atoms with Gasteiger partial charge in [-0.15, -0.1) is 14.8 Å². The van der Waals surface area contributed by atoms with Crippen LogP contribution in [0.5, 0.6) is 0 Å². The van der Waals surface area contributed by atoms with Crippen molar-refractivity contribution in [2.24, 2.45) is 5.92 Å². The highest BCUT2D eigenvalue weighted by Gasteiger charge is 2.33. The highest BCUT2D eigenvalue weighted by molar-refractivity contribution is 5.79. The molecule has 1 N–H and O–H groups in total. The van der Waals surface area contributed by atoms with Gasteiger partial charge >= 0.3 is 0 Å². The second-order valence-electron chi connectivity index (χ2n) is 6.48. The molecule has 0 unspecified atom stereocenters. The van der Waals surface area contributed by atoms with E-state index in [1.165, 1.54) is 11.1 Å². The number of nitrogens with one attached hydrogen (secondary N) is 1. The van der Waals surface area contributed by atoms with Crippen molar-refractivity contribution in [1.29, 1.82) is 0 Å². The Kier molecular flexibility index (Phi) is 3.80. The standard InChI is InChI=1S/C15H21N7O/c23-15(21-8-2-1-3-9-21)11-4-5-12(10-11)16-13-6-7-14-17-19-20-22(14)18-13/h6-7,11-12H,1-5,8-10H2,(H,16,18)/t11-,12+/m1/s1. The summed E-state index contributed by atoms with van der Waals surface area (Å²) in [6.07, 6.45) is 6.39. The van der Waals surface area contributed by atoms with Crippen LogP contribution < -0.4 is 5.32 Å². The quantitative estimate of drug-likeness (QED) is 0.913. The van der Waals surface area contributed by atoms with Crippen molar-refractivity contribution in [3.05, 3.63) is 12.1 Å². The highest BCUT2D eigenvalue weighted by Crippen LogP contribution is 2.30. The summed E-state index contributed by atoms with van der Waals surface area (Å²) in [5, 5.41) is 19.0. The van der Waals surface area contributed by atoms with Gasteiger partial charge in [0.2, 0.25) is 5.91 Å². The van der Waals surface area contributed by atoms with Gasteiger partial charge in [0.15, 0.2) is 5.65 Å². The first-order chi connectivity index (χ1) is 11.3. The Bertz CT molecular complexity index is 694. The Labute approximate surface area is 134 Å². The third kappa shape index (κ3) is 2.97. The van der Waals surface area contributed by atoms with E-state index < -0.39 is 0 Å². The number of nitrogens with zero attached hydrogens (tertiary/aromatic N) is 6. The van der Waals surface area contributed by atoms with E-state index in [-0.39, 0.29) is 12.0 Å². The number of carbonyl (C=O) groups is 1. The van der Waals surface area contributed by atoms with Gasteiger partial charge in [-0.1, -0.05) is 0 Å². The lowest BCUT2D eigenvalue weighted by atomic mass is 10.0. The van der Waals surface area contributed by atoms with Crippen molar-refractivity contribution >= 4 is 17.4 Å². The number of amides is 1. The molecule has 1 saturated heterocycles. The summed E-state index contributed by atoms with van der Waals surface area (Å²) >= 11 is 0. The Morgan fingerprint density at radius 3 is 2.91 bits per heavy atom. The molecule has 4 rings (SSSR count). The number of rotatable bonds is 3. The summed E-state index contributed by atoms with van der Waals surface area (Å²) in [4.78, 5) is 14.6. The van der Waals surface area contributed by atoms with Crippen LogP contribution in [0.4, 0.5) is 5.82 Å². The smallest absolute Gasteiger partial charge is 0.225 e. The number of carbonyl (C=O) groups excluding carboxylic acids is 1. The van der Waals surface area contributed by atoms with Gasteiger partial charge in [-0.2, -0.15) is 0 Å². The summed E-state index contributed by atoms with van der Waals surface area (Å²) in [5.74, 6) is 1.25. The van der Waals surface area contributed by atoms with Crippen LogP contribution in [0.15, 0.2) is 12.1 Å². The van der Waals surface area contributed by atoms with Crippen molar-refractivity contribution in [1.82, 2.24) is 30.2 Å². The number of fused-ring (bicyclic) bond motifs is 1. The molecule has 3 heterocycles. The summed E-state index contributed by atoms with van der Waals surface area (Å²) in [7, 11) is 0. The molecule has 2 aromatic rings. The first-order valence-corrected chi connectivity index (χ1v) is 8.40. The van der Waals surface area contributed by atoms with E-state index in [0.29, 0.717) is 11.6 Å². The summed E-state index contributed by atoms with van der Waals surface area (Å²) in [6, 6.07) is 4.00. The maximum Gasteiger partial charge on any atom is 0.225 e. The van der Waals surface area contributed by atoms with Gasteiger partial charge in [0.05, 0.1) is 0 Å². The molecule has 0 spiro atoms. The van der Waals surface area contributed by atoms with Crippen molar-refractivity contribution in [3.8, 4) is 0 Å². The van der Waals surface area contributed by atoms with Gasteiger partial charge in [-0.3, -0.25) is 4.79 Å². The molecule has 0 radical (unpaired) electrons. The van der Waals surface area contributed by atoms with Crippen LogP contribution in [0, 0.1) is 5.92 Å². The van der Waals surface area contributed by atoms with E-state index in [2.05, 4.69) is 30.8 Å². The summed E-state index contributed by atoms with van der Waals surface area (Å²) in [5.41, 5.74) is 0.625. The second kappa shape index (κ2) is 6.10. The second-order valence-corrected chi connectivity index (χ2v) is 6.48. The molecule has 0 bridgehead atoms. The van der Waals surface area contributed by atoms with Crippen molar-refractivity contribution in [3.63, 3.8) is 0 Å². The molecular formula is C15H21N7O. The van der Waals surface area contributed by atoms with E-state index in [0.717, 1.165) is 51.0 Å². The largest absolute Gasteiger partial charge is 0.366 e. The number of piperidine rings is 1. The average molecular weight is 315 g/mol. The maximum absolute atomic E-state index is 12.6. The monoisotopic (exact) mass is 315 g/mol. The van der Waals surface area contributed by atoms with E-state index in [4.69, 9.17) is 0 Å². The zero-order chi connectivity index (χ0) is 15.6. The van der Waals surface area contributed by atoms with E-state index in [1.54, 1.807) is 0 Å². The lowest BCUT2D eigenvalue weighted by molar-refractivity contribution is -0.136. The first kappa shape index (κ1) is 14.3.